The molecule has 0 fully saturated rings. The number of aliphatic imine (C=N–C) groups is 1. The van der Waals surface area contributed by atoms with Crippen LogP contribution in [-0.2, 0) is 0 Å². The summed E-state index contributed by atoms with van der Waals surface area (Å²) in [5.41, 5.74) is 7.03. The highest BCUT2D eigenvalue weighted by Gasteiger charge is 2.37. The van der Waals surface area contributed by atoms with E-state index in [0.717, 1.165) is 17.7 Å². The smallest absolute Gasteiger partial charge is 0.161 e. The van der Waals surface area contributed by atoms with Crippen LogP contribution in [0.5, 0.6) is 11.5 Å². The van der Waals surface area contributed by atoms with Gasteiger partial charge in [0.25, 0.3) is 0 Å². The van der Waals surface area contributed by atoms with Crippen molar-refractivity contribution in [2.45, 2.75) is 25.3 Å². The van der Waals surface area contributed by atoms with Crippen molar-refractivity contribution in [3.8, 4) is 11.5 Å². The number of fused-ring (bicyclic) bond motifs is 3. The van der Waals surface area contributed by atoms with Gasteiger partial charge in [0.1, 0.15) is 0 Å². The molecule has 3 aromatic carbocycles. The molecule has 4 heteroatoms. The van der Waals surface area contributed by atoms with Gasteiger partial charge in [0.05, 0.1) is 18.8 Å². The first-order chi connectivity index (χ1) is 15.1. The van der Waals surface area contributed by atoms with E-state index in [0.29, 0.717) is 17.6 Å². The molecule has 4 nitrogen and oxygen atoms in total. The number of nitrogens with one attached hydrogen (secondary N) is 1. The molecule has 3 atom stereocenters. The monoisotopic (exact) mass is 410 g/mol. The third-order valence-corrected chi connectivity index (χ3v) is 6.34. The van der Waals surface area contributed by atoms with Gasteiger partial charge in [0.15, 0.2) is 11.5 Å². The van der Waals surface area contributed by atoms with Crippen molar-refractivity contribution in [1.82, 2.24) is 0 Å². The van der Waals surface area contributed by atoms with E-state index < -0.39 is 0 Å². The highest BCUT2D eigenvalue weighted by Crippen LogP contribution is 2.50. The minimum absolute atomic E-state index is 0.125. The van der Waals surface area contributed by atoms with Crippen LogP contribution in [0, 0.1) is 12.8 Å². The van der Waals surface area contributed by atoms with Crippen LogP contribution in [0.25, 0.3) is 0 Å². The van der Waals surface area contributed by atoms with Gasteiger partial charge in [-0.2, -0.15) is 0 Å². The normalized spacial score (nSPS) is 21.5. The maximum absolute atomic E-state index is 9.73. The maximum atomic E-state index is 9.73. The quantitative estimate of drug-likeness (QED) is 0.393. The molecule has 2 N–H and O–H groups in total. The maximum Gasteiger partial charge on any atom is 0.161 e. The van der Waals surface area contributed by atoms with E-state index in [4.69, 9.17) is 4.74 Å². The molecule has 156 valence electrons. The molecule has 2 aliphatic rings. The predicted octanol–water partition coefficient (Wildman–Crippen LogP) is 6.29. The summed E-state index contributed by atoms with van der Waals surface area (Å²) in [6.07, 6.45) is 7.58. The molecule has 3 aromatic rings. The van der Waals surface area contributed by atoms with Crippen LogP contribution in [0.4, 0.5) is 11.4 Å². The fraction of sp³-hybridized carbons (Fsp3) is 0.222. The Bertz CT molecular complexity index is 1160. The van der Waals surface area contributed by atoms with Crippen LogP contribution in [-0.4, -0.2) is 18.4 Å². The molecular formula is C27H26N2O2. The minimum atomic E-state index is 0.125. The van der Waals surface area contributed by atoms with Crippen molar-refractivity contribution in [1.29, 1.82) is 0 Å². The second-order valence-corrected chi connectivity index (χ2v) is 8.35. The largest absolute Gasteiger partial charge is 0.504 e. The number of phenols is 1. The third kappa shape index (κ3) is 3.70. The molecular weight excluding hydrogens is 384 g/mol. The molecule has 0 radical (unpaired) electrons. The summed E-state index contributed by atoms with van der Waals surface area (Å²) in [6.45, 7) is 2.16. The molecule has 1 heterocycles. The number of hydrogen-bond donors (Lipinski definition) is 2. The van der Waals surface area contributed by atoms with Crippen molar-refractivity contribution in [3.05, 3.63) is 95.1 Å². The summed E-state index contributed by atoms with van der Waals surface area (Å²) >= 11 is 0. The van der Waals surface area contributed by atoms with Gasteiger partial charge in [0, 0.05) is 17.8 Å². The predicted molar refractivity (Wildman–Crippen MR) is 126 cm³/mol. The molecule has 0 saturated heterocycles. The van der Waals surface area contributed by atoms with Crippen LogP contribution >= 0.6 is 0 Å². The second kappa shape index (κ2) is 7.95. The van der Waals surface area contributed by atoms with E-state index in [-0.39, 0.29) is 11.8 Å². The van der Waals surface area contributed by atoms with Crippen molar-refractivity contribution in [2.75, 3.05) is 12.4 Å². The van der Waals surface area contributed by atoms with E-state index in [1.807, 2.05) is 6.07 Å². The average molecular weight is 411 g/mol. The van der Waals surface area contributed by atoms with Crippen molar-refractivity contribution < 1.29 is 9.84 Å². The molecule has 1 aliphatic heterocycles. The SMILES string of the molecule is COc1cc(C=Nc2ccc([C@@H]3Nc4ccc(C)cc4[C@H]4C=CC[C@H]43)cc2)ccc1O. The van der Waals surface area contributed by atoms with Gasteiger partial charge in [-0.1, -0.05) is 42.0 Å². The van der Waals surface area contributed by atoms with Gasteiger partial charge < -0.3 is 15.2 Å². The molecule has 0 unspecified atom stereocenters. The lowest BCUT2D eigenvalue weighted by Crippen LogP contribution is -2.29. The number of nitrogens with zero attached hydrogens (tertiary/aromatic N) is 1. The van der Waals surface area contributed by atoms with E-state index in [2.05, 4.69) is 71.8 Å². The van der Waals surface area contributed by atoms with E-state index in [1.54, 1.807) is 18.3 Å². The standard InChI is InChI=1S/C27H26N2O2/c1-17-6-12-24-23(14-17)21-4-3-5-22(21)27(29-24)19-8-10-20(11-9-19)28-16-18-7-13-25(30)26(15-18)31-2/h3-4,6-16,21-22,27,29-30H,5H2,1-2H3/t21-,22+,27-/m0/s1. The molecule has 0 spiro atoms. The van der Waals surface area contributed by atoms with Gasteiger partial charge in [-0.15, -0.1) is 0 Å². The van der Waals surface area contributed by atoms with Crippen molar-refractivity contribution in [2.24, 2.45) is 10.9 Å². The van der Waals surface area contributed by atoms with Crippen LogP contribution in [0.3, 0.4) is 0 Å². The zero-order chi connectivity index (χ0) is 21.4. The number of phenolic OH excluding ortho intramolecular Hbond substituents is 1. The Morgan fingerprint density at radius 1 is 1.06 bits per heavy atom. The van der Waals surface area contributed by atoms with Gasteiger partial charge in [-0.25, -0.2) is 0 Å². The van der Waals surface area contributed by atoms with Crippen molar-refractivity contribution >= 4 is 17.6 Å². The Balaban J connectivity index is 1.37. The van der Waals surface area contributed by atoms with Gasteiger partial charge in [-0.05, 0) is 72.4 Å². The van der Waals surface area contributed by atoms with E-state index in [9.17, 15) is 5.11 Å². The van der Waals surface area contributed by atoms with Gasteiger partial charge in [-0.3, -0.25) is 4.99 Å². The number of benzene rings is 3. The topological polar surface area (TPSA) is 53.8 Å². The van der Waals surface area contributed by atoms with Gasteiger partial charge >= 0.3 is 0 Å². The first kappa shape index (κ1) is 19.4. The Hall–Kier alpha value is -3.53. The van der Waals surface area contributed by atoms with Crippen LogP contribution < -0.4 is 10.1 Å². The number of allylic oxidation sites excluding steroid dienone is 2. The fourth-order valence-corrected chi connectivity index (χ4v) is 4.74. The summed E-state index contributed by atoms with van der Waals surface area (Å²) in [4.78, 5) is 4.58. The number of anilines is 1. The number of rotatable bonds is 4. The number of hydrogen-bond acceptors (Lipinski definition) is 4. The van der Waals surface area contributed by atoms with Crippen LogP contribution in [0.2, 0.25) is 0 Å². The van der Waals surface area contributed by atoms with Gasteiger partial charge in [0.2, 0.25) is 0 Å². The summed E-state index contributed by atoms with van der Waals surface area (Å²) in [7, 11) is 1.54. The molecule has 0 saturated carbocycles. The zero-order valence-electron chi connectivity index (χ0n) is 17.7. The molecule has 0 aromatic heterocycles. The number of aromatic hydroxyl groups is 1. The first-order valence-electron chi connectivity index (χ1n) is 10.7. The van der Waals surface area contributed by atoms with E-state index in [1.165, 1.54) is 29.5 Å². The number of methoxy groups -OCH3 is 1. The third-order valence-electron chi connectivity index (χ3n) is 6.34. The molecule has 5 rings (SSSR count). The average Bonchev–Trinajstić information content (AvgIpc) is 3.29. The molecule has 0 bridgehead atoms. The Morgan fingerprint density at radius 3 is 2.71 bits per heavy atom. The second-order valence-electron chi connectivity index (χ2n) is 8.35. The van der Waals surface area contributed by atoms with Crippen molar-refractivity contribution in [3.63, 3.8) is 0 Å². The van der Waals surface area contributed by atoms with Crippen LogP contribution in [0.15, 0.2) is 77.8 Å². The molecule has 0 amide bonds. The number of aryl methyl sites for hydroxylation is 1. The Labute approximate surface area is 182 Å². The Kier molecular flexibility index (Phi) is 4.99. The highest BCUT2D eigenvalue weighted by atomic mass is 16.5. The lowest BCUT2D eigenvalue weighted by Gasteiger charge is -2.37. The van der Waals surface area contributed by atoms with Crippen LogP contribution in [0.1, 0.15) is 40.6 Å². The fourth-order valence-electron chi connectivity index (χ4n) is 4.74. The summed E-state index contributed by atoms with van der Waals surface area (Å²) in [5, 5.41) is 13.5. The lowest BCUT2D eigenvalue weighted by molar-refractivity contribution is 0.373. The first-order valence-corrected chi connectivity index (χ1v) is 10.7. The Morgan fingerprint density at radius 2 is 1.90 bits per heavy atom. The molecule has 1 aliphatic carbocycles. The molecule has 31 heavy (non-hydrogen) atoms. The van der Waals surface area contributed by atoms with E-state index >= 15 is 0 Å². The zero-order valence-corrected chi connectivity index (χ0v) is 17.7. The summed E-state index contributed by atoms with van der Waals surface area (Å²) in [5.74, 6) is 1.58. The highest BCUT2D eigenvalue weighted by molar-refractivity contribution is 5.83. The minimum Gasteiger partial charge on any atom is -0.504 e. The number of ether oxygens (including phenoxy) is 1. The summed E-state index contributed by atoms with van der Waals surface area (Å²) in [6, 6.07) is 20.7. The lowest BCUT2D eigenvalue weighted by atomic mass is 9.76. The summed E-state index contributed by atoms with van der Waals surface area (Å²) < 4.78 is 5.16.